The van der Waals surface area contributed by atoms with Gasteiger partial charge in [-0.2, -0.15) is 4.39 Å². The summed E-state index contributed by atoms with van der Waals surface area (Å²) in [6, 6.07) is -2.05. The largest absolute Gasteiger partial charge is 0.404 e. The van der Waals surface area contributed by atoms with Crippen LogP contribution in [0.4, 0.5) is 4.39 Å². The zero-order valence-corrected chi connectivity index (χ0v) is 24.0. The molecule has 2 fully saturated rings. The van der Waals surface area contributed by atoms with Gasteiger partial charge < -0.3 is 20.5 Å². The van der Waals surface area contributed by atoms with E-state index in [1.165, 1.54) is 6.92 Å². The summed E-state index contributed by atoms with van der Waals surface area (Å²) < 4.78 is 24.9. The van der Waals surface area contributed by atoms with Crippen molar-refractivity contribution in [1.29, 1.82) is 0 Å². The Morgan fingerprint density at radius 3 is 2.53 bits per heavy atom. The molecular formula is C28H44ClFN2O3S. The van der Waals surface area contributed by atoms with Gasteiger partial charge in [0.15, 0.2) is 0 Å². The highest BCUT2D eigenvalue weighted by Crippen LogP contribution is 2.52. The van der Waals surface area contributed by atoms with Gasteiger partial charge >= 0.3 is 6.04 Å². The van der Waals surface area contributed by atoms with Crippen LogP contribution >= 0.6 is 23.4 Å². The summed E-state index contributed by atoms with van der Waals surface area (Å²) in [5.74, 6) is 0.655. The summed E-state index contributed by atoms with van der Waals surface area (Å²) in [5.41, 5.74) is 7.60. The number of alkyl halides is 2. The van der Waals surface area contributed by atoms with Crippen LogP contribution in [0.1, 0.15) is 79.6 Å². The fraction of sp³-hybridized carbons (Fsp3) is 0.679. The van der Waals surface area contributed by atoms with Crippen LogP contribution in [0.5, 0.6) is 0 Å². The van der Waals surface area contributed by atoms with Crippen LogP contribution in [0, 0.1) is 11.3 Å². The second-order valence-corrected chi connectivity index (χ2v) is 11.4. The lowest BCUT2D eigenvalue weighted by Gasteiger charge is -2.25. The summed E-state index contributed by atoms with van der Waals surface area (Å²) in [7, 11) is 0. The van der Waals surface area contributed by atoms with E-state index in [0.717, 1.165) is 48.2 Å². The fourth-order valence-electron chi connectivity index (χ4n) is 4.50. The third-order valence-corrected chi connectivity index (χ3v) is 8.84. The second kappa shape index (κ2) is 14.0. The molecule has 1 heterocycles. The van der Waals surface area contributed by atoms with Gasteiger partial charge in [0, 0.05) is 29.8 Å². The number of carbonyl (C=O) groups is 1. The minimum atomic E-state index is -2.05. The quantitative estimate of drug-likeness (QED) is 0.131. The van der Waals surface area contributed by atoms with Crippen molar-refractivity contribution >= 4 is 29.3 Å². The number of allylic oxidation sites excluding steroid dienone is 4. The van der Waals surface area contributed by atoms with E-state index < -0.39 is 11.5 Å². The van der Waals surface area contributed by atoms with E-state index in [1.807, 2.05) is 26.0 Å². The molecule has 1 saturated carbocycles. The molecule has 5 nitrogen and oxygen atoms in total. The number of rotatable bonds is 15. The lowest BCUT2D eigenvalue weighted by atomic mass is 9.93. The van der Waals surface area contributed by atoms with E-state index in [4.69, 9.17) is 26.8 Å². The first-order valence-electron chi connectivity index (χ1n) is 13.0. The molecule has 2 aliphatic rings. The molecule has 1 saturated heterocycles. The number of thioether (sulfide) groups is 1. The average Bonchev–Trinajstić information content (AvgIpc) is 3.61. The lowest BCUT2D eigenvalue weighted by molar-refractivity contribution is -0.252. The van der Waals surface area contributed by atoms with Gasteiger partial charge in [-0.15, -0.1) is 23.4 Å². The first-order valence-corrected chi connectivity index (χ1v) is 14.4. The van der Waals surface area contributed by atoms with Gasteiger partial charge in [0.1, 0.15) is 0 Å². The molecule has 36 heavy (non-hydrogen) atoms. The number of nitrogens with two attached hydrogens (primary N) is 1. The molecule has 0 spiro atoms. The van der Waals surface area contributed by atoms with E-state index >= 15 is 0 Å². The lowest BCUT2D eigenvalue weighted by Crippen LogP contribution is -2.38. The van der Waals surface area contributed by atoms with Crippen LogP contribution < -0.4 is 11.1 Å². The highest BCUT2D eigenvalue weighted by molar-refractivity contribution is 8.03. The highest BCUT2D eigenvalue weighted by Gasteiger charge is 2.52. The Labute approximate surface area is 226 Å². The molecule has 8 heteroatoms. The first-order chi connectivity index (χ1) is 17.0. The third-order valence-electron chi connectivity index (χ3n) is 7.17. The van der Waals surface area contributed by atoms with Crippen molar-refractivity contribution in [3.63, 3.8) is 0 Å². The molecule has 3 N–H and O–H groups in total. The Hall–Kier alpha value is -1.28. The maximum absolute atomic E-state index is 14.2. The molecule has 2 rings (SSSR count). The number of nitrogens with one attached hydrogen (secondary N) is 1. The summed E-state index contributed by atoms with van der Waals surface area (Å²) in [4.78, 5) is 14.4. The summed E-state index contributed by atoms with van der Waals surface area (Å²) in [6.07, 6.45) is 12.3. The molecule has 5 atom stereocenters. The van der Waals surface area contributed by atoms with E-state index in [1.54, 1.807) is 18.0 Å². The molecular weight excluding hydrogens is 499 g/mol. The van der Waals surface area contributed by atoms with E-state index in [0.29, 0.717) is 18.7 Å². The summed E-state index contributed by atoms with van der Waals surface area (Å²) >= 11 is 7.29. The molecule has 1 amide bonds. The van der Waals surface area contributed by atoms with Crippen LogP contribution in [-0.2, 0) is 14.3 Å². The Morgan fingerprint density at radius 1 is 1.31 bits per heavy atom. The van der Waals surface area contributed by atoms with Crippen molar-refractivity contribution < 1.29 is 18.7 Å². The van der Waals surface area contributed by atoms with Crippen LogP contribution in [0.2, 0.25) is 0 Å². The van der Waals surface area contributed by atoms with Crippen molar-refractivity contribution in [1.82, 2.24) is 5.32 Å². The van der Waals surface area contributed by atoms with Crippen molar-refractivity contribution in [2.75, 3.05) is 5.88 Å². The van der Waals surface area contributed by atoms with Crippen LogP contribution in [0.3, 0.4) is 0 Å². The molecule has 204 valence electrons. The molecule has 0 aromatic carbocycles. The monoisotopic (exact) mass is 542 g/mol. The van der Waals surface area contributed by atoms with Gasteiger partial charge in [0.25, 0.3) is 0 Å². The first kappa shape index (κ1) is 30.9. The smallest absolute Gasteiger partial charge is 0.318 e. The number of carbonyl (C=O) groups excluding carboxylic acids is 1. The van der Waals surface area contributed by atoms with Crippen LogP contribution in [0.15, 0.2) is 47.1 Å². The van der Waals surface area contributed by atoms with Gasteiger partial charge in [0.2, 0.25) is 5.91 Å². The topological polar surface area (TPSA) is 73.6 Å². The number of ether oxygens (including phenoxy) is 2. The minimum absolute atomic E-state index is 0.0376. The van der Waals surface area contributed by atoms with Gasteiger partial charge in [0.05, 0.1) is 23.0 Å². The maximum Gasteiger partial charge on any atom is 0.318 e. The highest BCUT2D eigenvalue weighted by atomic mass is 35.5. The van der Waals surface area contributed by atoms with E-state index in [2.05, 4.69) is 31.8 Å². The molecule has 0 radical (unpaired) electrons. The number of amides is 1. The van der Waals surface area contributed by atoms with Gasteiger partial charge in [-0.1, -0.05) is 56.7 Å². The van der Waals surface area contributed by atoms with E-state index in [-0.39, 0.29) is 29.4 Å². The predicted molar refractivity (Wildman–Crippen MR) is 149 cm³/mol. The van der Waals surface area contributed by atoms with Crippen molar-refractivity contribution in [3.05, 3.63) is 47.1 Å². The summed E-state index contributed by atoms with van der Waals surface area (Å²) in [6.45, 7) is 13.6. The van der Waals surface area contributed by atoms with Crippen LogP contribution in [0.25, 0.3) is 0 Å². The normalized spacial score (nSPS) is 27.8. The van der Waals surface area contributed by atoms with Gasteiger partial charge in [-0.25, -0.2) is 0 Å². The van der Waals surface area contributed by atoms with Gasteiger partial charge in [-0.05, 0) is 51.9 Å². The van der Waals surface area contributed by atoms with Crippen molar-refractivity contribution in [2.24, 2.45) is 17.1 Å². The fourth-order valence-corrected chi connectivity index (χ4v) is 5.73. The zero-order chi connectivity index (χ0) is 26.9. The van der Waals surface area contributed by atoms with Gasteiger partial charge in [-0.3, -0.25) is 4.79 Å². The Morgan fingerprint density at radius 2 is 1.97 bits per heavy atom. The molecule has 0 aromatic rings. The predicted octanol–water partition coefficient (Wildman–Crippen LogP) is 7.09. The molecule has 1 aliphatic heterocycles. The average molecular weight is 543 g/mol. The Balaban J connectivity index is 1.97. The third kappa shape index (κ3) is 8.37. The van der Waals surface area contributed by atoms with Crippen molar-refractivity contribution in [2.45, 2.75) is 103 Å². The molecule has 0 bridgehead atoms. The standard InChI is InChI=1S/C28H44ClFN2O3S/c1-7-22-23(35-27(6,30)34-22)14-13-20(4)28(15-16-28)26(33)32-25(8-2)36-24(18-31)21(5)19(3)12-10-9-11-17-29/h9,11,13,18,21-23,25H,3,7-8,10,12,14-17,31H2,1-2,4-6H3,(H,32,33)/b11-9-,20-13+,24-18-/t21?,22-,23?,25-,27?/m1/s1. The van der Waals surface area contributed by atoms with E-state index in [9.17, 15) is 9.18 Å². The molecule has 1 aliphatic carbocycles. The number of hydrogen-bond donors (Lipinski definition) is 2. The van der Waals surface area contributed by atoms with Crippen LogP contribution in [-0.4, -0.2) is 35.4 Å². The second-order valence-electron chi connectivity index (χ2n) is 9.86. The minimum Gasteiger partial charge on any atom is -0.404 e. The maximum atomic E-state index is 14.2. The van der Waals surface area contributed by atoms with Crippen molar-refractivity contribution in [3.8, 4) is 0 Å². The zero-order valence-electron chi connectivity index (χ0n) is 22.4. The Kier molecular flexibility index (Phi) is 12.1. The SMILES string of the molecule is C=C(CC/C=C\CCl)C(C)/C(=C/N)S[C@H](CC)NC(=O)C1(/C(C)=C/CC2OC(C)(F)O[C@@H]2CC)CC1. The Bertz CT molecular complexity index is 854. The number of hydrogen-bond acceptors (Lipinski definition) is 5. The molecule has 0 aromatic heterocycles. The number of halogens is 2. The molecule has 3 unspecified atom stereocenters. The summed E-state index contributed by atoms with van der Waals surface area (Å²) in [5, 5.41) is 3.15.